The van der Waals surface area contributed by atoms with Crippen LogP contribution in [0, 0.1) is 23.7 Å². The highest BCUT2D eigenvalue weighted by Crippen LogP contribution is 2.39. The predicted molar refractivity (Wildman–Crippen MR) is 160 cm³/mol. The van der Waals surface area contributed by atoms with Crippen LogP contribution in [-0.4, -0.2) is 79.2 Å². The van der Waals surface area contributed by atoms with E-state index in [1.165, 1.54) is 4.52 Å². The summed E-state index contributed by atoms with van der Waals surface area (Å²) >= 11 is 0. The highest BCUT2D eigenvalue weighted by atomic mass is 19.4. The van der Waals surface area contributed by atoms with E-state index in [1.807, 2.05) is 6.92 Å². The molecule has 8 rings (SSSR count). The van der Waals surface area contributed by atoms with Crippen LogP contribution in [0.15, 0.2) is 18.5 Å². The summed E-state index contributed by atoms with van der Waals surface area (Å²) in [6.07, 6.45) is 3.67. The molecular weight excluding hydrogens is 603 g/mol. The van der Waals surface area contributed by atoms with Crippen molar-refractivity contribution in [2.75, 3.05) is 24.5 Å². The molecule has 3 aromatic rings. The highest BCUT2D eigenvalue weighted by Gasteiger charge is 2.46. The molecule has 0 spiro atoms. The number of carbonyl (C=O) groups is 2. The molecule has 1 saturated carbocycles. The van der Waals surface area contributed by atoms with Gasteiger partial charge in [-0.2, -0.15) is 28.4 Å². The van der Waals surface area contributed by atoms with Crippen LogP contribution in [0.3, 0.4) is 0 Å². The number of piperidine rings is 2. The molecule has 12 nitrogen and oxygen atoms in total. The summed E-state index contributed by atoms with van der Waals surface area (Å²) in [5.74, 6) is -1.55. The van der Waals surface area contributed by atoms with Gasteiger partial charge >= 0.3 is 6.18 Å². The number of hydrogen-bond donors (Lipinski definition) is 2. The maximum atomic E-state index is 13.6. The van der Waals surface area contributed by atoms with Gasteiger partial charge in [0.1, 0.15) is 11.4 Å². The smallest absolute Gasteiger partial charge is 0.371 e. The van der Waals surface area contributed by atoms with Crippen molar-refractivity contribution in [2.24, 2.45) is 23.7 Å². The largest absolute Gasteiger partial charge is 0.393 e. The lowest BCUT2D eigenvalue weighted by molar-refractivity contribution is -0.183. The molecule has 0 radical (unpaired) electrons. The lowest BCUT2D eigenvalue weighted by Gasteiger charge is -2.47. The number of ether oxygens (including phenoxy) is 1. The molecule has 3 unspecified atom stereocenters. The van der Waals surface area contributed by atoms with Crippen molar-refractivity contribution in [3.05, 3.63) is 35.5 Å². The number of amides is 2. The fourth-order valence-electron chi connectivity index (χ4n) is 7.53. The molecule has 5 aliphatic rings. The molecule has 7 heterocycles. The van der Waals surface area contributed by atoms with Crippen LogP contribution in [0.5, 0.6) is 0 Å². The van der Waals surface area contributed by atoms with Crippen molar-refractivity contribution in [3.63, 3.8) is 0 Å². The molecule has 15 heteroatoms. The van der Waals surface area contributed by atoms with E-state index in [1.54, 1.807) is 23.1 Å². The number of fused-ring (bicyclic) bond motifs is 3. The zero-order valence-electron chi connectivity index (χ0n) is 26.0. The molecule has 3 aromatic heterocycles. The molecule has 2 N–H and O–H groups in total. The minimum Gasteiger partial charge on any atom is -0.371 e. The predicted octanol–water partition coefficient (Wildman–Crippen LogP) is 3.47. The van der Waals surface area contributed by atoms with E-state index in [9.17, 15) is 22.8 Å². The maximum absolute atomic E-state index is 13.6. The summed E-state index contributed by atoms with van der Waals surface area (Å²) in [6.45, 7) is 5.46. The van der Waals surface area contributed by atoms with Gasteiger partial charge in [0.05, 0.1) is 36.1 Å². The van der Waals surface area contributed by atoms with Crippen LogP contribution in [-0.2, 0) is 22.5 Å². The van der Waals surface area contributed by atoms with Crippen molar-refractivity contribution in [3.8, 4) is 0 Å². The third-order valence-corrected chi connectivity index (χ3v) is 10.2. The van der Waals surface area contributed by atoms with E-state index in [2.05, 4.69) is 27.6 Å². The van der Waals surface area contributed by atoms with Gasteiger partial charge < -0.3 is 20.3 Å². The number of imidazole rings is 1. The van der Waals surface area contributed by atoms with Gasteiger partial charge in [0, 0.05) is 51.1 Å². The Bertz CT molecular complexity index is 1580. The standard InChI is InChI=1S/C31H40F3N9O3/c1-3-42-25(8-9-36-42)29(45)38-26(18-6-4-17(2)5-7-18)24-16-43-30(37-24)39-27(41-14-21-12-22(15-41)46-21)23(40-43)11-19-10-20(31(32,33)34)13-35-28(19)44/h8-9,16-22,26H,3-7,10-15H2,1-2H3,(H,35,44)(H,38,45)/t17?,18?,19?,20-,21?,22?,26+/m1/s1. The van der Waals surface area contributed by atoms with Crippen molar-refractivity contribution < 1.29 is 27.5 Å². The molecule has 4 saturated heterocycles. The molecule has 5 atom stereocenters. The first-order valence-electron chi connectivity index (χ1n) is 16.4. The van der Waals surface area contributed by atoms with E-state index < -0.39 is 36.5 Å². The normalized spacial score (nSPS) is 28.9. The number of nitrogens with one attached hydrogen (secondary N) is 2. The first-order chi connectivity index (χ1) is 22.1. The summed E-state index contributed by atoms with van der Waals surface area (Å²) in [5.41, 5.74) is 1.53. The zero-order valence-corrected chi connectivity index (χ0v) is 26.0. The second kappa shape index (κ2) is 12.1. The number of halogens is 3. The molecule has 1 aliphatic carbocycles. The second-order valence-corrected chi connectivity index (χ2v) is 13.4. The van der Waals surface area contributed by atoms with Crippen LogP contribution in [0.4, 0.5) is 19.0 Å². The lowest BCUT2D eigenvalue weighted by Crippen LogP contribution is -2.57. The van der Waals surface area contributed by atoms with Gasteiger partial charge in [-0.15, -0.1) is 0 Å². The summed E-state index contributed by atoms with van der Waals surface area (Å²) in [6, 6.07) is 1.30. The third kappa shape index (κ3) is 6.05. The summed E-state index contributed by atoms with van der Waals surface area (Å²) in [5, 5.41) is 14.8. The Hall–Kier alpha value is -3.75. The van der Waals surface area contributed by atoms with Crippen molar-refractivity contribution in [2.45, 2.75) is 89.8 Å². The van der Waals surface area contributed by atoms with Gasteiger partial charge in [-0.25, -0.2) is 9.50 Å². The van der Waals surface area contributed by atoms with E-state index >= 15 is 0 Å². The zero-order chi connectivity index (χ0) is 32.2. The number of aromatic nitrogens is 6. The molecule has 2 amide bonds. The SMILES string of the molecule is CCn1nccc1C(=O)N[C@H](c1cn2nc(CC3C[C@@H](C(F)(F)F)CNC3=O)c(N3CC4CC(C3)O4)nc2n1)C1CCC(C)CC1. The molecular formula is C31H40F3N9O3. The first kappa shape index (κ1) is 30.9. The monoisotopic (exact) mass is 643 g/mol. The molecule has 4 aliphatic heterocycles. The molecule has 0 aromatic carbocycles. The number of rotatable bonds is 8. The summed E-state index contributed by atoms with van der Waals surface area (Å²) < 4.78 is 49.9. The molecule has 46 heavy (non-hydrogen) atoms. The first-order valence-corrected chi connectivity index (χ1v) is 16.4. The average Bonchev–Trinajstić information content (AvgIpc) is 3.67. The number of aryl methyl sites for hydroxylation is 1. The average molecular weight is 644 g/mol. The Labute approximate surface area is 264 Å². The molecule has 5 fully saturated rings. The molecule has 248 valence electrons. The van der Waals surface area contributed by atoms with Crippen LogP contribution >= 0.6 is 0 Å². The van der Waals surface area contributed by atoms with Crippen molar-refractivity contribution in [1.82, 2.24) is 40.0 Å². The summed E-state index contributed by atoms with van der Waals surface area (Å²) in [7, 11) is 0. The maximum Gasteiger partial charge on any atom is 0.393 e. The van der Waals surface area contributed by atoms with Crippen molar-refractivity contribution >= 4 is 23.4 Å². The number of morpholine rings is 1. The number of nitrogens with zero attached hydrogens (tertiary/aromatic N) is 7. The minimum absolute atomic E-state index is 0.0125. The Balaban J connectivity index is 1.23. The van der Waals surface area contributed by atoms with Crippen molar-refractivity contribution in [1.29, 1.82) is 0 Å². The topological polar surface area (TPSA) is 132 Å². The number of carbonyl (C=O) groups excluding carboxylic acids is 2. The van der Waals surface area contributed by atoms with Gasteiger partial charge in [-0.1, -0.05) is 19.8 Å². The van der Waals surface area contributed by atoms with Gasteiger partial charge in [0.2, 0.25) is 5.91 Å². The van der Waals surface area contributed by atoms with Gasteiger partial charge in [0.25, 0.3) is 11.7 Å². The van der Waals surface area contributed by atoms with Gasteiger partial charge in [0.15, 0.2) is 5.82 Å². The van der Waals surface area contributed by atoms with E-state index in [4.69, 9.17) is 19.8 Å². The number of hydrogen-bond acceptors (Lipinski definition) is 8. The minimum atomic E-state index is -4.40. The highest BCUT2D eigenvalue weighted by molar-refractivity contribution is 5.92. The van der Waals surface area contributed by atoms with Crippen LogP contribution in [0.2, 0.25) is 0 Å². The Morgan fingerprint density at radius 1 is 1.15 bits per heavy atom. The Morgan fingerprint density at radius 2 is 1.89 bits per heavy atom. The lowest BCUT2D eigenvalue weighted by atomic mass is 9.78. The van der Waals surface area contributed by atoms with E-state index in [0.29, 0.717) is 54.2 Å². The summed E-state index contributed by atoms with van der Waals surface area (Å²) in [4.78, 5) is 38.2. The van der Waals surface area contributed by atoms with Crippen LogP contribution in [0.25, 0.3) is 5.78 Å². The molecule has 2 bridgehead atoms. The Kier molecular flexibility index (Phi) is 8.14. The van der Waals surface area contributed by atoms with E-state index in [0.717, 1.165) is 32.1 Å². The van der Waals surface area contributed by atoms with Gasteiger partial charge in [-0.05, 0) is 44.1 Å². The fraction of sp³-hybridized carbons (Fsp3) is 0.677. The number of alkyl halides is 3. The fourth-order valence-corrected chi connectivity index (χ4v) is 7.53. The van der Waals surface area contributed by atoms with Gasteiger partial charge in [-0.3, -0.25) is 14.3 Å². The van der Waals surface area contributed by atoms with Crippen LogP contribution < -0.4 is 15.5 Å². The number of anilines is 1. The van der Waals surface area contributed by atoms with E-state index in [-0.39, 0.29) is 36.9 Å². The Morgan fingerprint density at radius 3 is 2.59 bits per heavy atom. The second-order valence-electron chi connectivity index (χ2n) is 13.4. The third-order valence-electron chi connectivity index (χ3n) is 10.2. The quantitative estimate of drug-likeness (QED) is 0.382. The van der Waals surface area contributed by atoms with Crippen LogP contribution in [0.1, 0.15) is 80.3 Å².